The number of hydrogen-bond acceptors (Lipinski definition) is 3. The maximum atomic E-state index is 12.7. The first kappa shape index (κ1) is 20.3. The Morgan fingerprint density at radius 1 is 1.07 bits per heavy atom. The first-order valence-corrected chi connectivity index (χ1v) is 9.53. The van der Waals surface area contributed by atoms with Gasteiger partial charge in [-0.3, -0.25) is 4.79 Å². The summed E-state index contributed by atoms with van der Waals surface area (Å²) in [7, 11) is 1.66. The number of para-hydroxylation sites is 1. The number of amides is 1. The van der Waals surface area contributed by atoms with Crippen LogP contribution in [0.1, 0.15) is 11.3 Å². The van der Waals surface area contributed by atoms with E-state index in [1.54, 1.807) is 18.1 Å². The SMILES string of the molecule is C=CCN(Cc1cccn1Cc1cccc(OC)c1)C(=O)COc1ccccc1. The molecule has 0 radical (unpaired) electrons. The van der Waals surface area contributed by atoms with Gasteiger partial charge in [-0.05, 0) is 42.0 Å². The Hall–Kier alpha value is -3.47. The molecule has 0 atom stereocenters. The van der Waals surface area contributed by atoms with E-state index in [4.69, 9.17) is 9.47 Å². The average Bonchev–Trinajstić information content (AvgIpc) is 3.19. The molecule has 1 heterocycles. The van der Waals surface area contributed by atoms with Gasteiger partial charge in [0.2, 0.25) is 0 Å². The van der Waals surface area contributed by atoms with Crippen LogP contribution in [0, 0.1) is 0 Å². The number of methoxy groups -OCH3 is 1. The van der Waals surface area contributed by atoms with E-state index in [0.717, 1.165) is 17.0 Å². The first-order chi connectivity index (χ1) is 14.2. The summed E-state index contributed by atoms with van der Waals surface area (Å²) in [5.74, 6) is 1.43. The Bertz CT molecular complexity index is 934. The molecule has 150 valence electrons. The van der Waals surface area contributed by atoms with Crippen LogP contribution < -0.4 is 9.47 Å². The minimum absolute atomic E-state index is 0.00551. The molecule has 0 bridgehead atoms. The Labute approximate surface area is 171 Å². The molecule has 5 nitrogen and oxygen atoms in total. The van der Waals surface area contributed by atoms with Gasteiger partial charge in [-0.25, -0.2) is 0 Å². The van der Waals surface area contributed by atoms with Crippen molar-refractivity contribution < 1.29 is 14.3 Å². The van der Waals surface area contributed by atoms with Gasteiger partial charge in [0.25, 0.3) is 5.91 Å². The highest BCUT2D eigenvalue weighted by atomic mass is 16.5. The van der Waals surface area contributed by atoms with Gasteiger partial charge in [-0.1, -0.05) is 36.4 Å². The molecule has 0 aliphatic heterocycles. The number of benzene rings is 2. The van der Waals surface area contributed by atoms with E-state index in [1.165, 1.54) is 0 Å². The Balaban J connectivity index is 1.66. The molecule has 0 aliphatic rings. The van der Waals surface area contributed by atoms with E-state index in [-0.39, 0.29) is 12.5 Å². The molecule has 2 aromatic carbocycles. The first-order valence-electron chi connectivity index (χ1n) is 9.53. The fourth-order valence-electron chi connectivity index (χ4n) is 3.07. The van der Waals surface area contributed by atoms with Gasteiger partial charge in [0.1, 0.15) is 11.5 Å². The van der Waals surface area contributed by atoms with Crippen molar-refractivity contribution in [3.63, 3.8) is 0 Å². The van der Waals surface area contributed by atoms with Crippen molar-refractivity contribution in [2.75, 3.05) is 20.3 Å². The maximum absolute atomic E-state index is 12.7. The third kappa shape index (κ3) is 5.75. The van der Waals surface area contributed by atoms with Crippen LogP contribution in [0.3, 0.4) is 0 Å². The quantitative estimate of drug-likeness (QED) is 0.489. The molecule has 1 amide bonds. The van der Waals surface area contributed by atoms with Crippen molar-refractivity contribution in [1.29, 1.82) is 0 Å². The molecule has 0 saturated carbocycles. The molecule has 3 rings (SSSR count). The molecule has 0 unspecified atom stereocenters. The topological polar surface area (TPSA) is 43.7 Å². The lowest BCUT2D eigenvalue weighted by atomic mass is 10.2. The van der Waals surface area contributed by atoms with E-state index in [1.807, 2.05) is 66.9 Å². The molecular weight excluding hydrogens is 364 g/mol. The maximum Gasteiger partial charge on any atom is 0.261 e. The summed E-state index contributed by atoms with van der Waals surface area (Å²) in [5.41, 5.74) is 2.18. The fraction of sp³-hybridized carbons (Fsp3) is 0.208. The van der Waals surface area contributed by atoms with Gasteiger partial charge in [-0.2, -0.15) is 0 Å². The Morgan fingerprint density at radius 3 is 2.62 bits per heavy atom. The van der Waals surface area contributed by atoms with Crippen LogP contribution in [0.25, 0.3) is 0 Å². The number of aromatic nitrogens is 1. The van der Waals surface area contributed by atoms with Crippen LogP contribution in [-0.4, -0.2) is 35.6 Å². The molecule has 3 aromatic rings. The van der Waals surface area contributed by atoms with E-state index in [0.29, 0.717) is 25.4 Å². The molecule has 29 heavy (non-hydrogen) atoms. The number of rotatable bonds is 10. The fourth-order valence-corrected chi connectivity index (χ4v) is 3.07. The highest BCUT2D eigenvalue weighted by Crippen LogP contribution is 2.16. The number of hydrogen-bond donors (Lipinski definition) is 0. The Kier molecular flexibility index (Phi) is 7.11. The monoisotopic (exact) mass is 390 g/mol. The summed E-state index contributed by atoms with van der Waals surface area (Å²) >= 11 is 0. The lowest BCUT2D eigenvalue weighted by Crippen LogP contribution is -2.35. The van der Waals surface area contributed by atoms with E-state index >= 15 is 0 Å². The van der Waals surface area contributed by atoms with Crippen LogP contribution in [0.2, 0.25) is 0 Å². The van der Waals surface area contributed by atoms with Gasteiger partial charge in [0, 0.05) is 25.0 Å². The molecule has 0 saturated heterocycles. The summed E-state index contributed by atoms with van der Waals surface area (Å²) in [5, 5.41) is 0. The highest BCUT2D eigenvalue weighted by molar-refractivity contribution is 5.77. The van der Waals surface area contributed by atoms with E-state index < -0.39 is 0 Å². The largest absolute Gasteiger partial charge is 0.497 e. The van der Waals surface area contributed by atoms with Crippen LogP contribution in [0.5, 0.6) is 11.5 Å². The summed E-state index contributed by atoms with van der Waals surface area (Å²) in [6, 6.07) is 21.4. The summed E-state index contributed by atoms with van der Waals surface area (Å²) in [6.07, 6.45) is 3.75. The average molecular weight is 390 g/mol. The number of carbonyl (C=O) groups excluding carboxylic acids is 1. The van der Waals surface area contributed by atoms with Crippen molar-refractivity contribution in [2.45, 2.75) is 13.1 Å². The van der Waals surface area contributed by atoms with Gasteiger partial charge in [0.05, 0.1) is 13.7 Å². The third-order valence-electron chi connectivity index (χ3n) is 4.57. The number of carbonyl (C=O) groups is 1. The zero-order chi connectivity index (χ0) is 20.5. The number of ether oxygens (including phenoxy) is 2. The molecule has 0 fully saturated rings. The van der Waals surface area contributed by atoms with Crippen LogP contribution in [-0.2, 0) is 17.9 Å². The second-order valence-electron chi connectivity index (χ2n) is 6.64. The minimum Gasteiger partial charge on any atom is -0.497 e. The molecule has 0 spiro atoms. The van der Waals surface area contributed by atoms with Crippen LogP contribution in [0.15, 0.2) is 85.6 Å². The predicted molar refractivity (Wildman–Crippen MR) is 114 cm³/mol. The second-order valence-corrected chi connectivity index (χ2v) is 6.64. The summed E-state index contributed by atoms with van der Waals surface area (Å²) in [4.78, 5) is 14.5. The van der Waals surface area contributed by atoms with Gasteiger partial charge in [0.15, 0.2) is 6.61 Å². The smallest absolute Gasteiger partial charge is 0.261 e. The Morgan fingerprint density at radius 2 is 1.86 bits per heavy atom. The van der Waals surface area contributed by atoms with E-state index in [2.05, 4.69) is 17.2 Å². The lowest BCUT2D eigenvalue weighted by molar-refractivity contribution is -0.133. The minimum atomic E-state index is -0.0807. The van der Waals surface area contributed by atoms with Crippen molar-refractivity contribution in [2.24, 2.45) is 0 Å². The van der Waals surface area contributed by atoms with Gasteiger partial charge in [-0.15, -0.1) is 6.58 Å². The van der Waals surface area contributed by atoms with Crippen molar-refractivity contribution in [1.82, 2.24) is 9.47 Å². The van der Waals surface area contributed by atoms with Crippen LogP contribution >= 0.6 is 0 Å². The predicted octanol–water partition coefficient (Wildman–Crippen LogP) is 4.14. The lowest BCUT2D eigenvalue weighted by Gasteiger charge is -2.22. The van der Waals surface area contributed by atoms with Crippen molar-refractivity contribution in [3.05, 3.63) is 96.8 Å². The zero-order valence-corrected chi connectivity index (χ0v) is 16.7. The van der Waals surface area contributed by atoms with E-state index in [9.17, 15) is 4.79 Å². The second kappa shape index (κ2) is 10.2. The molecule has 0 N–H and O–H groups in total. The van der Waals surface area contributed by atoms with Crippen LogP contribution in [0.4, 0.5) is 0 Å². The summed E-state index contributed by atoms with van der Waals surface area (Å²) < 4.78 is 13.1. The molecule has 0 aliphatic carbocycles. The summed E-state index contributed by atoms with van der Waals surface area (Å²) in [6.45, 7) is 5.43. The number of nitrogens with zero attached hydrogens (tertiary/aromatic N) is 2. The molecular formula is C24H26N2O3. The van der Waals surface area contributed by atoms with Gasteiger partial charge < -0.3 is 18.9 Å². The van der Waals surface area contributed by atoms with Gasteiger partial charge >= 0.3 is 0 Å². The third-order valence-corrected chi connectivity index (χ3v) is 4.57. The van der Waals surface area contributed by atoms with Crippen molar-refractivity contribution in [3.8, 4) is 11.5 Å². The molecule has 5 heteroatoms. The normalized spacial score (nSPS) is 10.4. The highest BCUT2D eigenvalue weighted by Gasteiger charge is 2.15. The standard InChI is InChI=1S/C24H26N2O3/c1-3-14-26(24(27)19-29-22-11-5-4-6-12-22)18-21-10-8-15-25(21)17-20-9-7-13-23(16-20)28-2/h3-13,15-16H,1,14,17-19H2,2H3. The molecule has 1 aromatic heterocycles. The zero-order valence-electron chi connectivity index (χ0n) is 16.7. The van der Waals surface area contributed by atoms with Crippen molar-refractivity contribution >= 4 is 5.91 Å².